The average Bonchev–Trinajstić information content (AvgIpc) is 2.80. The SMILES string of the molecule is NCCC[C@H](N)C(=O)N[C@@H](CCc1ccccc1)C(=O)Nc1ccc2ccccc2c1. The lowest BCUT2D eigenvalue weighted by Gasteiger charge is -2.21. The van der Waals surface area contributed by atoms with Crippen LogP contribution in [0.5, 0.6) is 0 Å². The molecular weight excluding hydrogens is 388 g/mol. The van der Waals surface area contributed by atoms with Crippen molar-refractivity contribution in [2.24, 2.45) is 11.5 Å². The highest BCUT2D eigenvalue weighted by Gasteiger charge is 2.23. The Bertz CT molecular complexity index is 1010. The predicted molar refractivity (Wildman–Crippen MR) is 126 cm³/mol. The van der Waals surface area contributed by atoms with Crippen molar-refractivity contribution in [3.05, 3.63) is 78.4 Å². The number of fused-ring (bicyclic) bond motifs is 1. The molecule has 0 saturated carbocycles. The van der Waals surface area contributed by atoms with Gasteiger partial charge in [-0.25, -0.2) is 0 Å². The van der Waals surface area contributed by atoms with E-state index in [0.717, 1.165) is 16.3 Å². The lowest BCUT2D eigenvalue weighted by atomic mass is 10.0. The molecule has 3 aromatic carbocycles. The summed E-state index contributed by atoms with van der Waals surface area (Å²) in [4.78, 5) is 25.6. The minimum Gasteiger partial charge on any atom is -0.343 e. The first kappa shape index (κ1) is 22.5. The molecule has 0 aliphatic heterocycles. The van der Waals surface area contributed by atoms with Crippen LogP contribution in [0.2, 0.25) is 0 Å². The highest BCUT2D eigenvalue weighted by molar-refractivity contribution is 5.99. The van der Waals surface area contributed by atoms with Gasteiger partial charge in [0.05, 0.1) is 6.04 Å². The normalized spacial score (nSPS) is 12.8. The fraction of sp³-hybridized carbons (Fsp3) is 0.280. The molecule has 6 N–H and O–H groups in total. The molecule has 31 heavy (non-hydrogen) atoms. The van der Waals surface area contributed by atoms with Crippen LogP contribution in [-0.2, 0) is 16.0 Å². The van der Waals surface area contributed by atoms with Gasteiger partial charge in [-0.2, -0.15) is 0 Å². The second kappa shape index (κ2) is 11.2. The smallest absolute Gasteiger partial charge is 0.246 e. The highest BCUT2D eigenvalue weighted by atomic mass is 16.2. The topological polar surface area (TPSA) is 110 Å². The number of amides is 2. The van der Waals surface area contributed by atoms with E-state index in [1.165, 1.54) is 0 Å². The van der Waals surface area contributed by atoms with Crippen LogP contribution in [0, 0.1) is 0 Å². The first-order valence-corrected chi connectivity index (χ1v) is 10.7. The van der Waals surface area contributed by atoms with Gasteiger partial charge < -0.3 is 22.1 Å². The molecule has 0 fully saturated rings. The van der Waals surface area contributed by atoms with Crippen molar-refractivity contribution in [1.29, 1.82) is 0 Å². The zero-order valence-electron chi connectivity index (χ0n) is 17.6. The summed E-state index contributed by atoms with van der Waals surface area (Å²) in [5, 5.41) is 7.91. The fourth-order valence-electron chi connectivity index (χ4n) is 3.47. The van der Waals surface area contributed by atoms with Crippen LogP contribution in [0.3, 0.4) is 0 Å². The summed E-state index contributed by atoms with van der Waals surface area (Å²) in [6.45, 7) is 0.473. The second-order valence-corrected chi connectivity index (χ2v) is 7.67. The van der Waals surface area contributed by atoms with Gasteiger partial charge in [-0.15, -0.1) is 0 Å². The molecule has 162 valence electrons. The Balaban J connectivity index is 1.71. The van der Waals surface area contributed by atoms with E-state index < -0.39 is 12.1 Å². The van der Waals surface area contributed by atoms with Crippen LogP contribution in [0.25, 0.3) is 10.8 Å². The van der Waals surface area contributed by atoms with Crippen LogP contribution in [0.1, 0.15) is 24.8 Å². The Morgan fingerprint density at radius 3 is 2.29 bits per heavy atom. The van der Waals surface area contributed by atoms with Crippen molar-refractivity contribution in [2.75, 3.05) is 11.9 Å². The van der Waals surface area contributed by atoms with E-state index in [9.17, 15) is 9.59 Å². The Morgan fingerprint density at radius 1 is 0.839 bits per heavy atom. The first-order valence-electron chi connectivity index (χ1n) is 10.7. The van der Waals surface area contributed by atoms with Crippen LogP contribution >= 0.6 is 0 Å². The number of nitrogens with one attached hydrogen (secondary N) is 2. The van der Waals surface area contributed by atoms with Gasteiger partial charge in [0.1, 0.15) is 6.04 Å². The van der Waals surface area contributed by atoms with E-state index in [4.69, 9.17) is 11.5 Å². The van der Waals surface area contributed by atoms with E-state index in [1.54, 1.807) is 0 Å². The molecule has 0 heterocycles. The maximum atomic E-state index is 13.1. The predicted octanol–water partition coefficient (Wildman–Crippen LogP) is 2.96. The van der Waals surface area contributed by atoms with E-state index >= 15 is 0 Å². The number of carbonyl (C=O) groups is 2. The summed E-state index contributed by atoms with van der Waals surface area (Å²) < 4.78 is 0. The molecule has 0 bridgehead atoms. The molecule has 0 spiro atoms. The van der Waals surface area contributed by atoms with Crippen molar-refractivity contribution < 1.29 is 9.59 Å². The van der Waals surface area contributed by atoms with Gasteiger partial charge in [-0.3, -0.25) is 9.59 Å². The second-order valence-electron chi connectivity index (χ2n) is 7.67. The van der Waals surface area contributed by atoms with Crippen molar-refractivity contribution in [3.63, 3.8) is 0 Å². The maximum Gasteiger partial charge on any atom is 0.246 e. The molecule has 0 aliphatic carbocycles. The monoisotopic (exact) mass is 418 g/mol. The number of nitrogens with two attached hydrogens (primary N) is 2. The summed E-state index contributed by atoms with van der Waals surface area (Å²) in [7, 11) is 0. The largest absolute Gasteiger partial charge is 0.343 e. The lowest BCUT2D eigenvalue weighted by Crippen LogP contribution is -2.50. The molecule has 3 aromatic rings. The molecule has 0 unspecified atom stereocenters. The van der Waals surface area contributed by atoms with Gasteiger partial charge in [0.25, 0.3) is 0 Å². The van der Waals surface area contributed by atoms with Crippen LogP contribution in [-0.4, -0.2) is 30.4 Å². The van der Waals surface area contributed by atoms with Crippen molar-refractivity contribution in [2.45, 2.75) is 37.8 Å². The Kier molecular flexibility index (Phi) is 8.15. The summed E-state index contributed by atoms with van der Waals surface area (Å²) in [6.07, 6.45) is 2.28. The number of benzene rings is 3. The van der Waals surface area contributed by atoms with E-state index in [2.05, 4.69) is 10.6 Å². The third-order valence-corrected chi connectivity index (χ3v) is 5.27. The van der Waals surface area contributed by atoms with Crippen molar-refractivity contribution in [3.8, 4) is 0 Å². The van der Waals surface area contributed by atoms with Crippen molar-refractivity contribution in [1.82, 2.24) is 5.32 Å². The fourth-order valence-corrected chi connectivity index (χ4v) is 3.47. The van der Waals surface area contributed by atoms with E-state index in [0.29, 0.717) is 37.9 Å². The van der Waals surface area contributed by atoms with Gasteiger partial charge in [0.15, 0.2) is 0 Å². The first-order chi connectivity index (χ1) is 15.1. The molecule has 3 rings (SSSR count). The van der Waals surface area contributed by atoms with Crippen LogP contribution in [0.15, 0.2) is 72.8 Å². The van der Waals surface area contributed by atoms with Crippen molar-refractivity contribution >= 4 is 28.3 Å². The summed E-state index contributed by atoms with van der Waals surface area (Å²) in [5.74, 6) is -0.592. The van der Waals surface area contributed by atoms with Gasteiger partial charge in [0, 0.05) is 5.69 Å². The maximum absolute atomic E-state index is 13.1. The average molecular weight is 419 g/mol. The molecule has 0 saturated heterocycles. The molecule has 6 heteroatoms. The van der Waals surface area contributed by atoms with Gasteiger partial charge in [-0.05, 0) is 60.7 Å². The standard InChI is InChI=1S/C25H30N4O2/c26-16-6-11-22(27)24(30)29-23(15-12-18-7-2-1-3-8-18)25(31)28-21-14-13-19-9-4-5-10-20(19)17-21/h1-5,7-10,13-14,17,22-23H,6,11-12,15-16,26-27H2,(H,28,31)(H,29,30)/t22-,23-/m0/s1. The summed E-state index contributed by atoms with van der Waals surface area (Å²) >= 11 is 0. The molecule has 6 nitrogen and oxygen atoms in total. The number of hydrogen-bond acceptors (Lipinski definition) is 4. The summed E-state index contributed by atoms with van der Waals surface area (Å²) in [5.41, 5.74) is 13.3. The molecule has 0 aliphatic rings. The van der Waals surface area contributed by atoms with E-state index in [-0.39, 0.29) is 11.8 Å². The van der Waals surface area contributed by atoms with Gasteiger partial charge in [-0.1, -0.05) is 60.7 Å². The zero-order chi connectivity index (χ0) is 22.1. The Labute approximate surface area is 183 Å². The lowest BCUT2D eigenvalue weighted by molar-refractivity contribution is -0.127. The van der Waals surface area contributed by atoms with Gasteiger partial charge in [0.2, 0.25) is 11.8 Å². The minimum atomic E-state index is -0.692. The number of aryl methyl sites for hydroxylation is 1. The summed E-state index contributed by atoms with van der Waals surface area (Å²) in [6, 6.07) is 22.2. The minimum absolute atomic E-state index is 0.259. The Hall–Kier alpha value is -3.22. The molecule has 2 atom stereocenters. The van der Waals surface area contributed by atoms with Crippen LogP contribution < -0.4 is 22.1 Å². The third kappa shape index (κ3) is 6.64. The van der Waals surface area contributed by atoms with Crippen LogP contribution in [0.4, 0.5) is 5.69 Å². The number of rotatable bonds is 10. The molecule has 0 aromatic heterocycles. The third-order valence-electron chi connectivity index (χ3n) is 5.27. The number of hydrogen-bond donors (Lipinski definition) is 4. The zero-order valence-corrected chi connectivity index (χ0v) is 17.6. The number of carbonyl (C=O) groups excluding carboxylic acids is 2. The van der Waals surface area contributed by atoms with Gasteiger partial charge >= 0.3 is 0 Å². The number of anilines is 1. The molecule has 0 radical (unpaired) electrons. The Morgan fingerprint density at radius 2 is 1.55 bits per heavy atom. The van der Waals surface area contributed by atoms with E-state index in [1.807, 2.05) is 72.8 Å². The molecular formula is C25H30N4O2. The quantitative estimate of drug-likeness (QED) is 0.406. The highest BCUT2D eigenvalue weighted by Crippen LogP contribution is 2.19. The molecule has 2 amide bonds.